The van der Waals surface area contributed by atoms with Gasteiger partial charge in [-0.05, 0) is 56.8 Å². The van der Waals surface area contributed by atoms with Gasteiger partial charge in [0.25, 0.3) is 0 Å². The molecule has 1 aliphatic rings. The highest BCUT2D eigenvalue weighted by atomic mass is 16.5. The Labute approximate surface area is 195 Å². The lowest BCUT2D eigenvalue weighted by atomic mass is 10.1. The molecule has 1 heterocycles. The third-order valence-corrected chi connectivity index (χ3v) is 5.85. The summed E-state index contributed by atoms with van der Waals surface area (Å²) in [6, 6.07) is 6.19. The normalized spacial score (nSPS) is 16.6. The fourth-order valence-corrected chi connectivity index (χ4v) is 4.02. The molecule has 0 bridgehead atoms. The lowest BCUT2D eigenvalue weighted by Crippen LogP contribution is -2.47. The number of likely N-dealkylation sites (N-methyl/N-ethyl adjacent to an activating group) is 1. The molecule has 2 N–H and O–H groups in total. The molecular formula is C25H45N5O2. The van der Waals surface area contributed by atoms with Gasteiger partial charge in [0.05, 0.1) is 13.7 Å². The van der Waals surface area contributed by atoms with Crippen LogP contribution in [0, 0.1) is 5.92 Å². The number of aliphatic imine (C=N–C) groups is 1. The fraction of sp³-hybridized carbons (Fsp3) is 0.720. The molecule has 1 unspecified atom stereocenters. The number of nitrogens with one attached hydrogen (secondary N) is 2. The molecule has 2 rings (SSSR count). The van der Waals surface area contributed by atoms with Crippen LogP contribution >= 0.6 is 0 Å². The zero-order valence-corrected chi connectivity index (χ0v) is 21.0. The molecule has 1 saturated heterocycles. The van der Waals surface area contributed by atoms with Gasteiger partial charge >= 0.3 is 0 Å². The molecule has 1 fully saturated rings. The molecule has 1 aliphatic heterocycles. The first-order valence-electron chi connectivity index (χ1n) is 12.4. The monoisotopic (exact) mass is 447 g/mol. The second-order valence-corrected chi connectivity index (χ2v) is 8.51. The molecule has 0 aliphatic carbocycles. The summed E-state index contributed by atoms with van der Waals surface area (Å²) in [4.78, 5) is 9.94. The summed E-state index contributed by atoms with van der Waals surface area (Å²) in [7, 11) is 1.68. The molecule has 1 atom stereocenters. The van der Waals surface area contributed by atoms with Crippen LogP contribution in [0.2, 0.25) is 0 Å². The number of aryl methyl sites for hydroxylation is 1. The van der Waals surface area contributed by atoms with Crippen molar-refractivity contribution in [2.75, 3.05) is 72.6 Å². The number of nitrogens with zero attached hydrogens (tertiary/aromatic N) is 3. The molecule has 0 spiro atoms. The van der Waals surface area contributed by atoms with E-state index in [-0.39, 0.29) is 0 Å². The number of piperazine rings is 1. The zero-order chi connectivity index (χ0) is 23.2. The summed E-state index contributed by atoms with van der Waals surface area (Å²) >= 11 is 0. The van der Waals surface area contributed by atoms with E-state index in [1.807, 2.05) is 13.0 Å². The van der Waals surface area contributed by atoms with E-state index in [2.05, 4.69) is 53.3 Å². The van der Waals surface area contributed by atoms with Gasteiger partial charge in [-0.25, -0.2) is 0 Å². The predicted octanol–water partition coefficient (Wildman–Crippen LogP) is 2.86. The van der Waals surface area contributed by atoms with Gasteiger partial charge in [-0.1, -0.05) is 19.9 Å². The molecule has 32 heavy (non-hydrogen) atoms. The minimum atomic E-state index is 0.551. The smallest absolute Gasteiger partial charge is 0.191 e. The maximum absolute atomic E-state index is 5.69. The Bertz CT molecular complexity index is 674. The van der Waals surface area contributed by atoms with Crippen molar-refractivity contribution in [3.63, 3.8) is 0 Å². The maximum atomic E-state index is 5.69. The Balaban J connectivity index is 1.74. The van der Waals surface area contributed by atoms with E-state index in [1.165, 1.54) is 31.7 Å². The van der Waals surface area contributed by atoms with Gasteiger partial charge in [-0.15, -0.1) is 0 Å². The lowest BCUT2D eigenvalue weighted by molar-refractivity contribution is 0.125. The molecule has 1 aromatic carbocycles. The SMILES string of the molecule is CCNC(=NCC(C)CN1CCN(CC)CC1)NCCCc1ccc(OC)c(OCC)c1. The van der Waals surface area contributed by atoms with Crippen LogP contribution in [0.25, 0.3) is 0 Å². The van der Waals surface area contributed by atoms with Gasteiger partial charge in [0.15, 0.2) is 17.5 Å². The van der Waals surface area contributed by atoms with Crippen molar-refractivity contribution in [2.45, 2.75) is 40.5 Å². The summed E-state index contributed by atoms with van der Waals surface area (Å²) in [5, 5.41) is 6.87. The Morgan fingerprint density at radius 2 is 1.81 bits per heavy atom. The van der Waals surface area contributed by atoms with Gasteiger partial charge in [0.2, 0.25) is 0 Å². The van der Waals surface area contributed by atoms with Gasteiger partial charge in [0.1, 0.15) is 0 Å². The number of hydrogen-bond acceptors (Lipinski definition) is 5. The molecule has 7 nitrogen and oxygen atoms in total. The predicted molar refractivity (Wildman–Crippen MR) is 134 cm³/mol. The summed E-state index contributed by atoms with van der Waals surface area (Å²) in [5.74, 6) is 3.08. The summed E-state index contributed by atoms with van der Waals surface area (Å²) in [6.45, 7) is 18.9. The van der Waals surface area contributed by atoms with Crippen molar-refractivity contribution < 1.29 is 9.47 Å². The third-order valence-electron chi connectivity index (χ3n) is 5.85. The Morgan fingerprint density at radius 3 is 2.47 bits per heavy atom. The van der Waals surface area contributed by atoms with E-state index in [0.29, 0.717) is 12.5 Å². The molecular weight excluding hydrogens is 402 g/mol. The number of ether oxygens (including phenoxy) is 2. The summed E-state index contributed by atoms with van der Waals surface area (Å²) < 4.78 is 11.1. The Kier molecular flexibility index (Phi) is 12.3. The average Bonchev–Trinajstić information content (AvgIpc) is 2.81. The average molecular weight is 448 g/mol. The van der Waals surface area contributed by atoms with E-state index < -0.39 is 0 Å². The van der Waals surface area contributed by atoms with Crippen molar-refractivity contribution in [2.24, 2.45) is 10.9 Å². The topological polar surface area (TPSA) is 61.4 Å². The van der Waals surface area contributed by atoms with Crippen LogP contribution in [0.1, 0.15) is 39.7 Å². The second kappa shape index (κ2) is 15.0. The fourth-order valence-electron chi connectivity index (χ4n) is 4.02. The van der Waals surface area contributed by atoms with E-state index >= 15 is 0 Å². The molecule has 0 amide bonds. The molecule has 0 aromatic heterocycles. The number of methoxy groups -OCH3 is 1. The highest BCUT2D eigenvalue weighted by Crippen LogP contribution is 2.28. The third kappa shape index (κ3) is 9.25. The molecule has 0 saturated carbocycles. The first-order valence-corrected chi connectivity index (χ1v) is 12.4. The van der Waals surface area contributed by atoms with Gasteiger partial charge in [0, 0.05) is 52.4 Å². The van der Waals surface area contributed by atoms with E-state index in [0.717, 1.165) is 63.0 Å². The second-order valence-electron chi connectivity index (χ2n) is 8.51. The van der Waals surface area contributed by atoms with Crippen molar-refractivity contribution in [1.29, 1.82) is 0 Å². The van der Waals surface area contributed by atoms with Gasteiger partial charge < -0.3 is 29.9 Å². The standard InChI is InChI=1S/C25H45N5O2/c1-6-26-25(28-19-21(4)20-30-16-14-29(7-2)15-17-30)27-13-9-10-22-11-12-23(31-5)24(18-22)32-8-3/h11-12,18,21H,6-10,13-17,19-20H2,1-5H3,(H2,26,27,28). The van der Waals surface area contributed by atoms with Crippen LogP contribution < -0.4 is 20.1 Å². The molecule has 0 radical (unpaired) electrons. The molecule has 182 valence electrons. The van der Waals surface area contributed by atoms with E-state index in [1.54, 1.807) is 7.11 Å². The number of rotatable bonds is 13. The van der Waals surface area contributed by atoms with Crippen molar-refractivity contribution in [3.05, 3.63) is 23.8 Å². The van der Waals surface area contributed by atoms with Crippen LogP contribution in [0.15, 0.2) is 23.2 Å². The first-order chi connectivity index (χ1) is 15.6. The van der Waals surface area contributed by atoms with E-state index in [4.69, 9.17) is 14.5 Å². The highest BCUT2D eigenvalue weighted by Gasteiger charge is 2.17. The maximum Gasteiger partial charge on any atom is 0.191 e. The van der Waals surface area contributed by atoms with Crippen LogP contribution in [0.5, 0.6) is 11.5 Å². The highest BCUT2D eigenvalue weighted by molar-refractivity contribution is 5.79. The molecule has 1 aromatic rings. The number of guanidine groups is 1. The van der Waals surface area contributed by atoms with Crippen molar-refractivity contribution >= 4 is 5.96 Å². The Morgan fingerprint density at radius 1 is 1.06 bits per heavy atom. The zero-order valence-electron chi connectivity index (χ0n) is 21.0. The summed E-state index contributed by atoms with van der Waals surface area (Å²) in [6.07, 6.45) is 2.01. The summed E-state index contributed by atoms with van der Waals surface area (Å²) in [5.41, 5.74) is 1.26. The molecule has 7 heteroatoms. The van der Waals surface area contributed by atoms with Gasteiger partial charge in [-0.3, -0.25) is 4.99 Å². The van der Waals surface area contributed by atoms with Crippen LogP contribution in [-0.2, 0) is 6.42 Å². The largest absolute Gasteiger partial charge is 0.493 e. The minimum Gasteiger partial charge on any atom is -0.493 e. The van der Waals surface area contributed by atoms with Gasteiger partial charge in [-0.2, -0.15) is 0 Å². The van der Waals surface area contributed by atoms with Crippen LogP contribution in [0.3, 0.4) is 0 Å². The van der Waals surface area contributed by atoms with Crippen LogP contribution in [0.4, 0.5) is 0 Å². The Hall–Kier alpha value is -1.99. The quantitative estimate of drug-likeness (QED) is 0.275. The van der Waals surface area contributed by atoms with Crippen molar-refractivity contribution in [3.8, 4) is 11.5 Å². The number of hydrogen-bond donors (Lipinski definition) is 2. The number of benzene rings is 1. The first kappa shape index (κ1) is 26.3. The van der Waals surface area contributed by atoms with Crippen molar-refractivity contribution in [1.82, 2.24) is 20.4 Å². The van der Waals surface area contributed by atoms with Crippen LogP contribution in [-0.4, -0.2) is 88.4 Å². The van der Waals surface area contributed by atoms with E-state index in [9.17, 15) is 0 Å². The lowest BCUT2D eigenvalue weighted by Gasteiger charge is -2.35. The minimum absolute atomic E-state index is 0.551.